The summed E-state index contributed by atoms with van der Waals surface area (Å²) in [6.07, 6.45) is 1.26. The van der Waals surface area contributed by atoms with Gasteiger partial charge in [-0.1, -0.05) is 55.2 Å². The van der Waals surface area contributed by atoms with Gasteiger partial charge >= 0.3 is 0 Å². The van der Waals surface area contributed by atoms with Crippen molar-refractivity contribution in [1.29, 1.82) is 0 Å². The topological polar surface area (TPSA) is 58.6 Å². The maximum Gasteiger partial charge on any atom is 0.261 e. The number of benzene rings is 2. The molecule has 0 unspecified atom stereocenters. The summed E-state index contributed by atoms with van der Waals surface area (Å²) in [7, 11) is 0. The van der Waals surface area contributed by atoms with E-state index in [-0.39, 0.29) is 25.0 Å². The monoisotopic (exact) mass is 450 g/mol. The van der Waals surface area contributed by atoms with Crippen molar-refractivity contribution >= 4 is 35.0 Å². The largest absolute Gasteiger partial charge is 0.484 e. The molecule has 0 fully saturated rings. The molecule has 0 saturated carbocycles. The number of ether oxygens (including phenoxy) is 1. The maximum atomic E-state index is 13.1. The van der Waals surface area contributed by atoms with Gasteiger partial charge in [0.1, 0.15) is 11.8 Å². The summed E-state index contributed by atoms with van der Waals surface area (Å²) in [6.45, 7) is 6.26. The number of amides is 2. The predicted molar refractivity (Wildman–Crippen MR) is 121 cm³/mol. The Morgan fingerprint density at radius 2 is 1.77 bits per heavy atom. The highest BCUT2D eigenvalue weighted by molar-refractivity contribution is 6.36. The zero-order chi connectivity index (χ0) is 22.1. The molecule has 0 saturated heterocycles. The number of nitrogens with zero attached hydrogens (tertiary/aromatic N) is 1. The van der Waals surface area contributed by atoms with Gasteiger partial charge in [-0.2, -0.15) is 0 Å². The van der Waals surface area contributed by atoms with Gasteiger partial charge in [-0.3, -0.25) is 9.59 Å². The average Bonchev–Trinajstić information content (AvgIpc) is 2.72. The van der Waals surface area contributed by atoms with Crippen LogP contribution in [-0.2, 0) is 16.1 Å². The number of hydrogen-bond acceptors (Lipinski definition) is 3. The Kier molecular flexibility index (Phi) is 9.47. The summed E-state index contributed by atoms with van der Waals surface area (Å²) in [4.78, 5) is 27.4. The van der Waals surface area contributed by atoms with Crippen molar-refractivity contribution in [3.63, 3.8) is 0 Å². The standard InChI is InChI=1S/C23H28Cl2N2O3/c1-4-12-26-23(29)21(5-2)27(14-18-19(24)10-7-11-20(18)25)22(28)15-30-17-9-6-8-16(3)13-17/h6-11,13,21H,4-5,12,14-15H2,1-3H3,(H,26,29)/t21-/m1/s1. The van der Waals surface area contributed by atoms with Gasteiger partial charge in [0.2, 0.25) is 5.91 Å². The van der Waals surface area contributed by atoms with E-state index in [0.717, 1.165) is 12.0 Å². The highest BCUT2D eigenvalue weighted by Gasteiger charge is 2.29. The molecule has 7 heteroatoms. The third kappa shape index (κ3) is 6.64. The lowest BCUT2D eigenvalue weighted by Crippen LogP contribution is -2.50. The molecule has 0 radical (unpaired) electrons. The minimum Gasteiger partial charge on any atom is -0.484 e. The Labute approximate surface area is 188 Å². The van der Waals surface area contributed by atoms with Gasteiger partial charge in [0, 0.05) is 28.7 Å². The smallest absolute Gasteiger partial charge is 0.261 e. The van der Waals surface area contributed by atoms with Gasteiger partial charge < -0.3 is 15.0 Å². The average molecular weight is 451 g/mol. The molecular formula is C23H28Cl2N2O3. The van der Waals surface area contributed by atoms with Crippen molar-refractivity contribution in [3.05, 3.63) is 63.6 Å². The Morgan fingerprint density at radius 3 is 2.37 bits per heavy atom. The van der Waals surface area contributed by atoms with Gasteiger partial charge in [-0.15, -0.1) is 0 Å². The van der Waals surface area contributed by atoms with Gasteiger partial charge in [-0.25, -0.2) is 0 Å². The molecule has 2 amide bonds. The van der Waals surface area contributed by atoms with Crippen LogP contribution in [0.4, 0.5) is 0 Å². The first-order chi connectivity index (χ1) is 14.4. The minimum absolute atomic E-state index is 0.118. The normalized spacial score (nSPS) is 11.6. The molecule has 0 aliphatic rings. The van der Waals surface area contributed by atoms with Crippen LogP contribution in [0.25, 0.3) is 0 Å². The highest BCUT2D eigenvalue weighted by atomic mass is 35.5. The summed E-state index contributed by atoms with van der Waals surface area (Å²) >= 11 is 12.7. The van der Waals surface area contributed by atoms with Crippen LogP contribution in [-0.4, -0.2) is 35.9 Å². The van der Waals surface area contributed by atoms with Crippen LogP contribution in [0.15, 0.2) is 42.5 Å². The minimum atomic E-state index is -0.655. The molecule has 0 bridgehead atoms. The fraction of sp³-hybridized carbons (Fsp3) is 0.391. The van der Waals surface area contributed by atoms with Crippen LogP contribution in [0.5, 0.6) is 5.75 Å². The molecule has 0 spiro atoms. The molecule has 1 atom stereocenters. The second-order valence-electron chi connectivity index (χ2n) is 7.04. The number of carbonyl (C=O) groups is 2. The van der Waals surface area contributed by atoms with Crippen LogP contribution in [0, 0.1) is 6.92 Å². The van der Waals surface area contributed by atoms with Crippen molar-refractivity contribution in [3.8, 4) is 5.75 Å². The van der Waals surface area contributed by atoms with Crippen molar-refractivity contribution in [2.45, 2.75) is 46.2 Å². The fourth-order valence-electron chi connectivity index (χ4n) is 3.07. The summed E-state index contributed by atoms with van der Waals surface area (Å²) in [5.74, 6) is 0.0833. The third-order valence-electron chi connectivity index (χ3n) is 4.68. The van der Waals surface area contributed by atoms with E-state index in [2.05, 4.69) is 5.32 Å². The number of carbonyl (C=O) groups excluding carboxylic acids is 2. The molecule has 5 nitrogen and oxygen atoms in total. The van der Waals surface area contributed by atoms with Gasteiger partial charge in [-0.05, 0) is 49.6 Å². The third-order valence-corrected chi connectivity index (χ3v) is 5.39. The zero-order valence-electron chi connectivity index (χ0n) is 17.6. The van der Waals surface area contributed by atoms with E-state index < -0.39 is 6.04 Å². The van der Waals surface area contributed by atoms with Crippen LogP contribution in [0.3, 0.4) is 0 Å². The van der Waals surface area contributed by atoms with Crippen molar-refractivity contribution in [1.82, 2.24) is 10.2 Å². The summed E-state index contributed by atoms with van der Waals surface area (Å²) in [5, 5.41) is 3.77. The Hall–Kier alpha value is -2.24. The molecule has 0 aliphatic heterocycles. The van der Waals surface area contributed by atoms with Crippen LogP contribution in [0.2, 0.25) is 10.0 Å². The lowest BCUT2D eigenvalue weighted by molar-refractivity contribution is -0.143. The first kappa shape index (κ1) is 24.0. The number of nitrogens with one attached hydrogen (secondary N) is 1. The summed E-state index contributed by atoms with van der Waals surface area (Å²) < 4.78 is 5.69. The van der Waals surface area contributed by atoms with E-state index in [9.17, 15) is 9.59 Å². The fourth-order valence-corrected chi connectivity index (χ4v) is 3.59. The Morgan fingerprint density at radius 1 is 1.10 bits per heavy atom. The molecular weight excluding hydrogens is 423 g/mol. The van der Waals surface area contributed by atoms with Gasteiger partial charge in [0.05, 0.1) is 0 Å². The summed E-state index contributed by atoms with van der Waals surface area (Å²) in [6, 6.07) is 12.0. The zero-order valence-corrected chi connectivity index (χ0v) is 19.1. The maximum absolute atomic E-state index is 13.1. The van der Waals surface area contributed by atoms with E-state index >= 15 is 0 Å². The van der Waals surface area contributed by atoms with Crippen LogP contribution in [0.1, 0.15) is 37.8 Å². The second-order valence-corrected chi connectivity index (χ2v) is 7.86. The molecule has 1 N–H and O–H groups in total. The number of hydrogen-bond donors (Lipinski definition) is 1. The first-order valence-corrected chi connectivity index (χ1v) is 10.8. The van der Waals surface area contributed by atoms with Crippen molar-refractivity contribution < 1.29 is 14.3 Å². The van der Waals surface area contributed by atoms with E-state index in [0.29, 0.717) is 34.3 Å². The lowest BCUT2D eigenvalue weighted by atomic mass is 10.1. The van der Waals surface area contributed by atoms with Gasteiger partial charge in [0.15, 0.2) is 6.61 Å². The molecule has 0 aromatic heterocycles. The van der Waals surface area contributed by atoms with E-state index in [1.54, 1.807) is 24.3 Å². The Bertz CT molecular complexity index is 853. The van der Waals surface area contributed by atoms with E-state index in [1.807, 2.05) is 39.0 Å². The summed E-state index contributed by atoms with van der Waals surface area (Å²) in [5.41, 5.74) is 1.64. The van der Waals surface area contributed by atoms with Crippen molar-refractivity contribution in [2.24, 2.45) is 0 Å². The molecule has 2 rings (SSSR count). The quantitative estimate of drug-likeness (QED) is 0.552. The number of rotatable bonds is 10. The van der Waals surface area contributed by atoms with Crippen LogP contribution >= 0.6 is 23.2 Å². The van der Waals surface area contributed by atoms with Crippen molar-refractivity contribution in [2.75, 3.05) is 13.2 Å². The SMILES string of the molecule is CCCNC(=O)[C@@H](CC)N(Cc1c(Cl)cccc1Cl)C(=O)COc1cccc(C)c1. The lowest BCUT2D eigenvalue weighted by Gasteiger charge is -2.31. The predicted octanol–water partition coefficient (Wildman–Crippen LogP) is 5.01. The van der Waals surface area contributed by atoms with E-state index in [4.69, 9.17) is 27.9 Å². The Balaban J connectivity index is 2.26. The number of halogens is 2. The molecule has 0 aliphatic carbocycles. The number of aryl methyl sites for hydroxylation is 1. The molecule has 2 aromatic carbocycles. The first-order valence-electron chi connectivity index (χ1n) is 10.1. The molecule has 0 heterocycles. The van der Waals surface area contributed by atoms with Gasteiger partial charge in [0.25, 0.3) is 5.91 Å². The molecule has 30 heavy (non-hydrogen) atoms. The second kappa shape index (κ2) is 11.8. The molecule has 2 aromatic rings. The van der Waals surface area contributed by atoms with E-state index in [1.165, 1.54) is 4.90 Å². The molecule has 162 valence electrons. The van der Waals surface area contributed by atoms with Crippen LogP contribution < -0.4 is 10.1 Å². The highest BCUT2D eigenvalue weighted by Crippen LogP contribution is 2.27.